The van der Waals surface area contributed by atoms with Crippen molar-refractivity contribution < 1.29 is 4.79 Å². The Bertz CT molecular complexity index is 1140. The van der Waals surface area contributed by atoms with Gasteiger partial charge in [0, 0.05) is 18.0 Å². The van der Waals surface area contributed by atoms with Crippen LogP contribution in [0.25, 0.3) is 15.9 Å². The molecule has 1 fully saturated rings. The zero-order valence-corrected chi connectivity index (χ0v) is 17.2. The number of aromatic nitrogens is 4. The highest BCUT2D eigenvalue weighted by Crippen LogP contribution is 2.38. The zero-order chi connectivity index (χ0) is 19.4. The van der Waals surface area contributed by atoms with Crippen LogP contribution < -0.4 is 5.69 Å². The minimum Gasteiger partial charge on any atom is -0.341 e. The molecule has 0 N–H and O–H groups in total. The smallest absolute Gasteiger partial charge is 0.341 e. The number of carbonyl (C=O) groups is 1. The van der Waals surface area contributed by atoms with Gasteiger partial charge in [0.15, 0.2) is 5.65 Å². The molecular weight excluding hydrogens is 374 g/mol. The van der Waals surface area contributed by atoms with Crippen LogP contribution in [0.1, 0.15) is 48.9 Å². The lowest BCUT2D eigenvalue weighted by atomic mass is 9.89. The van der Waals surface area contributed by atoms with E-state index in [2.05, 4.69) is 12.0 Å². The first kappa shape index (κ1) is 17.8. The van der Waals surface area contributed by atoms with Crippen molar-refractivity contribution >= 4 is 33.1 Å². The molecule has 8 heteroatoms. The molecule has 1 amide bonds. The molecule has 0 saturated carbocycles. The average Bonchev–Trinajstić information content (AvgIpc) is 3.19. The first-order chi connectivity index (χ1) is 13.5. The Kier molecular flexibility index (Phi) is 4.26. The second-order valence-corrected chi connectivity index (χ2v) is 9.32. The average molecular weight is 400 g/mol. The topological polar surface area (TPSA) is 72.5 Å². The van der Waals surface area contributed by atoms with Crippen molar-refractivity contribution in [2.24, 2.45) is 5.92 Å². The van der Waals surface area contributed by atoms with Crippen LogP contribution in [0.4, 0.5) is 0 Å². The van der Waals surface area contributed by atoms with Crippen molar-refractivity contribution in [2.75, 3.05) is 13.1 Å². The lowest BCUT2D eigenvalue weighted by molar-refractivity contribution is -0.133. The summed E-state index contributed by atoms with van der Waals surface area (Å²) in [6.07, 6.45) is 6.47. The van der Waals surface area contributed by atoms with Crippen LogP contribution in [0.3, 0.4) is 0 Å². The van der Waals surface area contributed by atoms with Gasteiger partial charge in [-0.15, -0.1) is 16.4 Å². The summed E-state index contributed by atoms with van der Waals surface area (Å²) in [7, 11) is 0. The highest BCUT2D eigenvalue weighted by Gasteiger charge is 2.26. The van der Waals surface area contributed by atoms with E-state index in [9.17, 15) is 9.59 Å². The first-order valence-corrected chi connectivity index (χ1v) is 11.0. The van der Waals surface area contributed by atoms with Crippen molar-refractivity contribution in [1.29, 1.82) is 0 Å². The molecule has 28 heavy (non-hydrogen) atoms. The third-order valence-corrected chi connectivity index (χ3v) is 7.29. The van der Waals surface area contributed by atoms with Crippen LogP contribution in [-0.2, 0) is 24.2 Å². The normalized spacial score (nSPS) is 20.1. The minimum absolute atomic E-state index is 0.00477. The molecule has 0 radical (unpaired) electrons. The second kappa shape index (κ2) is 6.69. The second-order valence-electron chi connectivity index (χ2n) is 8.23. The third kappa shape index (κ3) is 2.77. The Labute approximate surface area is 167 Å². The van der Waals surface area contributed by atoms with Gasteiger partial charge in [-0.05, 0) is 56.9 Å². The molecule has 0 bridgehead atoms. The maximum Gasteiger partial charge on any atom is 0.352 e. The lowest BCUT2D eigenvalue weighted by Crippen LogP contribution is -2.39. The number of amides is 1. The van der Waals surface area contributed by atoms with Crippen LogP contribution in [0, 0.1) is 12.8 Å². The maximum atomic E-state index is 13.0. The molecule has 1 aliphatic carbocycles. The van der Waals surface area contributed by atoms with Crippen molar-refractivity contribution in [1.82, 2.24) is 24.1 Å². The van der Waals surface area contributed by atoms with Gasteiger partial charge in [0.25, 0.3) is 0 Å². The fourth-order valence-electron chi connectivity index (χ4n) is 4.58. The Morgan fingerprint density at radius 2 is 2.04 bits per heavy atom. The highest BCUT2D eigenvalue weighted by atomic mass is 32.1. The Hall–Kier alpha value is -2.22. The van der Waals surface area contributed by atoms with Crippen LogP contribution in [0.15, 0.2) is 4.79 Å². The summed E-state index contributed by atoms with van der Waals surface area (Å²) in [5.74, 6) is 1.30. The van der Waals surface area contributed by atoms with E-state index in [0.717, 1.165) is 55.4 Å². The Morgan fingerprint density at radius 1 is 1.25 bits per heavy atom. The molecule has 4 heterocycles. The molecule has 1 saturated heterocycles. The summed E-state index contributed by atoms with van der Waals surface area (Å²) in [4.78, 5) is 34.6. The van der Waals surface area contributed by atoms with E-state index in [1.807, 2.05) is 11.8 Å². The fourth-order valence-corrected chi connectivity index (χ4v) is 6.00. The zero-order valence-electron chi connectivity index (χ0n) is 16.4. The van der Waals surface area contributed by atoms with Crippen molar-refractivity contribution in [2.45, 2.75) is 58.9 Å². The van der Waals surface area contributed by atoms with Crippen molar-refractivity contribution in [3.63, 3.8) is 0 Å². The standard InChI is InChI=1S/C20H25N5O2S/c1-12-6-7-14-15(10-12)28-19-17(14)18-22-24(20(27)25(18)13(2)21-19)11-16(26)23-8-4-3-5-9-23/h12H,3-11H2,1-2H3/t12-/m0/s1. The summed E-state index contributed by atoms with van der Waals surface area (Å²) < 4.78 is 2.91. The number of hydrogen-bond acceptors (Lipinski definition) is 5. The van der Waals surface area contributed by atoms with Gasteiger partial charge < -0.3 is 4.90 Å². The van der Waals surface area contributed by atoms with E-state index in [4.69, 9.17) is 4.98 Å². The summed E-state index contributed by atoms with van der Waals surface area (Å²) >= 11 is 1.73. The minimum atomic E-state index is -0.267. The van der Waals surface area contributed by atoms with E-state index in [0.29, 0.717) is 17.4 Å². The SMILES string of the molecule is Cc1nc2sc3c(c2c2nn(CC(=O)N4CCCCC4)c(=O)n12)CC[C@H](C)C3. The van der Waals surface area contributed by atoms with Gasteiger partial charge in [-0.25, -0.2) is 18.9 Å². The molecule has 3 aromatic rings. The van der Waals surface area contributed by atoms with E-state index < -0.39 is 0 Å². The van der Waals surface area contributed by atoms with Gasteiger partial charge >= 0.3 is 5.69 Å². The number of nitrogens with zero attached hydrogens (tertiary/aromatic N) is 5. The molecule has 0 aromatic carbocycles. The number of hydrogen-bond donors (Lipinski definition) is 0. The largest absolute Gasteiger partial charge is 0.352 e. The maximum absolute atomic E-state index is 13.0. The van der Waals surface area contributed by atoms with Crippen LogP contribution in [0.2, 0.25) is 0 Å². The molecule has 0 spiro atoms. The van der Waals surface area contributed by atoms with E-state index in [1.54, 1.807) is 15.7 Å². The Morgan fingerprint density at radius 3 is 2.82 bits per heavy atom. The molecule has 7 nitrogen and oxygen atoms in total. The molecule has 1 aliphatic heterocycles. The number of piperidine rings is 1. The molecule has 5 rings (SSSR count). The molecule has 148 valence electrons. The number of likely N-dealkylation sites (tertiary alicyclic amines) is 1. The van der Waals surface area contributed by atoms with Crippen molar-refractivity contribution in [3.05, 3.63) is 26.7 Å². The Balaban J connectivity index is 1.61. The monoisotopic (exact) mass is 399 g/mol. The number of fused-ring (bicyclic) bond motifs is 5. The van der Waals surface area contributed by atoms with Gasteiger partial charge in [-0.2, -0.15) is 0 Å². The quantitative estimate of drug-likeness (QED) is 0.664. The summed E-state index contributed by atoms with van der Waals surface area (Å²) in [5, 5.41) is 5.63. The van der Waals surface area contributed by atoms with Crippen LogP contribution >= 0.6 is 11.3 Å². The lowest BCUT2D eigenvalue weighted by Gasteiger charge is -2.26. The van der Waals surface area contributed by atoms with Gasteiger partial charge in [-0.3, -0.25) is 4.79 Å². The highest BCUT2D eigenvalue weighted by molar-refractivity contribution is 7.19. The van der Waals surface area contributed by atoms with Crippen LogP contribution in [-0.4, -0.2) is 43.1 Å². The molecule has 2 aliphatic rings. The van der Waals surface area contributed by atoms with Crippen molar-refractivity contribution in [3.8, 4) is 0 Å². The molecular formula is C20H25N5O2S. The summed E-state index contributed by atoms with van der Waals surface area (Å²) in [6.45, 7) is 5.69. The van der Waals surface area contributed by atoms with Gasteiger partial charge in [-0.1, -0.05) is 6.92 Å². The van der Waals surface area contributed by atoms with Crippen LogP contribution in [0.5, 0.6) is 0 Å². The summed E-state index contributed by atoms with van der Waals surface area (Å²) in [6, 6.07) is 0. The fraction of sp³-hybridized carbons (Fsp3) is 0.600. The predicted molar refractivity (Wildman–Crippen MR) is 109 cm³/mol. The van der Waals surface area contributed by atoms with Gasteiger partial charge in [0.05, 0.1) is 5.39 Å². The van der Waals surface area contributed by atoms with E-state index >= 15 is 0 Å². The van der Waals surface area contributed by atoms with E-state index in [-0.39, 0.29) is 18.1 Å². The third-order valence-electron chi connectivity index (χ3n) is 6.14. The number of carbonyl (C=O) groups excluding carboxylic acids is 1. The summed E-state index contributed by atoms with van der Waals surface area (Å²) in [5.41, 5.74) is 1.69. The van der Waals surface area contributed by atoms with Gasteiger partial charge in [0.1, 0.15) is 17.2 Å². The predicted octanol–water partition coefficient (Wildman–Crippen LogP) is 2.55. The van der Waals surface area contributed by atoms with E-state index in [1.165, 1.54) is 21.5 Å². The number of rotatable bonds is 2. The molecule has 0 unspecified atom stereocenters. The van der Waals surface area contributed by atoms with Gasteiger partial charge in [0.2, 0.25) is 5.91 Å². The first-order valence-electron chi connectivity index (χ1n) is 10.2. The number of thiophene rings is 1. The number of aryl methyl sites for hydroxylation is 2. The molecule has 3 aromatic heterocycles. The molecule has 1 atom stereocenters.